The highest BCUT2D eigenvalue weighted by atomic mass is 32.1. The van der Waals surface area contributed by atoms with Crippen molar-refractivity contribution in [2.24, 2.45) is 5.92 Å². The fourth-order valence-corrected chi connectivity index (χ4v) is 3.05. The summed E-state index contributed by atoms with van der Waals surface area (Å²) in [6.45, 7) is 5.54. The van der Waals surface area contributed by atoms with Crippen LogP contribution in [0.3, 0.4) is 0 Å². The summed E-state index contributed by atoms with van der Waals surface area (Å²) in [6, 6.07) is 5.94. The largest absolute Gasteiger partial charge is 0.486 e. The number of carbonyl (C=O) groups excluding carboxylic acids is 1. The van der Waals surface area contributed by atoms with Gasteiger partial charge in [0.1, 0.15) is 18.7 Å². The molecule has 1 unspecified atom stereocenters. The first kappa shape index (κ1) is 16.7. The van der Waals surface area contributed by atoms with Gasteiger partial charge in [0.2, 0.25) is 11.0 Å². The Bertz CT molecular complexity index is 691. The van der Waals surface area contributed by atoms with Crippen molar-refractivity contribution in [3.05, 3.63) is 29.3 Å². The summed E-state index contributed by atoms with van der Waals surface area (Å²) in [7, 11) is 0. The molecule has 8 heteroatoms. The first-order chi connectivity index (χ1) is 11.6. The van der Waals surface area contributed by atoms with E-state index in [1.165, 1.54) is 11.3 Å². The van der Waals surface area contributed by atoms with Gasteiger partial charge in [0.15, 0.2) is 11.5 Å². The maximum absolute atomic E-state index is 12.0. The monoisotopic (exact) mass is 348 g/mol. The molecule has 1 atom stereocenters. The number of nitrogens with one attached hydrogen (secondary N) is 2. The van der Waals surface area contributed by atoms with Gasteiger partial charge in [0, 0.05) is 6.04 Å². The van der Waals surface area contributed by atoms with Crippen LogP contribution >= 0.6 is 11.3 Å². The van der Waals surface area contributed by atoms with Gasteiger partial charge in [-0.2, -0.15) is 0 Å². The molecule has 2 heterocycles. The maximum Gasteiger partial charge on any atom is 0.240 e. The average Bonchev–Trinajstić information content (AvgIpc) is 3.07. The number of hydrogen-bond acceptors (Lipinski definition) is 7. The number of nitrogens with zero attached hydrogens (tertiary/aromatic N) is 2. The predicted molar refractivity (Wildman–Crippen MR) is 91.6 cm³/mol. The Balaban J connectivity index is 1.65. The fourth-order valence-electron chi connectivity index (χ4n) is 2.59. The Labute approximate surface area is 144 Å². The summed E-state index contributed by atoms with van der Waals surface area (Å²) in [4.78, 5) is 12.0. The topological polar surface area (TPSA) is 85.4 Å². The van der Waals surface area contributed by atoms with Gasteiger partial charge < -0.3 is 14.8 Å². The Kier molecular flexibility index (Phi) is 5.27. The van der Waals surface area contributed by atoms with Crippen molar-refractivity contribution in [1.29, 1.82) is 0 Å². The number of anilines is 1. The molecule has 1 aromatic heterocycles. The minimum atomic E-state index is -0.144. The van der Waals surface area contributed by atoms with Crippen molar-refractivity contribution in [3.63, 3.8) is 0 Å². The first-order valence-electron chi connectivity index (χ1n) is 7.82. The molecule has 0 saturated carbocycles. The van der Waals surface area contributed by atoms with Crippen LogP contribution in [0.25, 0.3) is 0 Å². The van der Waals surface area contributed by atoms with E-state index in [-0.39, 0.29) is 18.5 Å². The highest BCUT2D eigenvalue weighted by molar-refractivity contribution is 7.13. The molecule has 3 rings (SSSR count). The zero-order valence-electron chi connectivity index (χ0n) is 13.6. The average molecular weight is 348 g/mol. The van der Waals surface area contributed by atoms with Crippen LogP contribution < -0.4 is 20.1 Å². The van der Waals surface area contributed by atoms with Gasteiger partial charge in [0.25, 0.3) is 0 Å². The van der Waals surface area contributed by atoms with E-state index < -0.39 is 0 Å². The molecule has 0 bridgehead atoms. The molecule has 1 aromatic carbocycles. The molecule has 1 aliphatic heterocycles. The molecule has 1 amide bonds. The van der Waals surface area contributed by atoms with Crippen LogP contribution in [0.1, 0.15) is 25.5 Å². The SMILES string of the molecule is CC(C)C(NCC(=O)Nc1nncs1)c1ccc2c(c1)OCCO2. The Morgan fingerprint density at radius 2 is 2.08 bits per heavy atom. The summed E-state index contributed by atoms with van der Waals surface area (Å²) < 4.78 is 11.2. The highest BCUT2D eigenvalue weighted by Gasteiger charge is 2.20. The number of amides is 1. The van der Waals surface area contributed by atoms with Gasteiger partial charge >= 0.3 is 0 Å². The van der Waals surface area contributed by atoms with Crippen LogP contribution in [-0.4, -0.2) is 35.9 Å². The number of fused-ring (bicyclic) bond motifs is 1. The lowest BCUT2D eigenvalue weighted by atomic mass is 9.95. The van der Waals surface area contributed by atoms with Crippen molar-refractivity contribution in [3.8, 4) is 11.5 Å². The number of rotatable bonds is 6. The van der Waals surface area contributed by atoms with Crippen LogP contribution in [0.4, 0.5) is 5.13 Å². The molecule has 0 saturated heterocycles. The Morgan fingerprint density at radius 1 is 1.29 bits per heavy atom. The second kappa shape index (κ2) is 7.59. The lowest BCUT2D eigenvalue weighted by Crippen LogP contribution is -2.33. The van der Waals surface area contributed by atoms with Gasteiger partial charge in [0.05, 0.1) is 6.54 Å². The summed E-state index contributed by atoms with van der Waals surface area (Å²) in [6.07, 6.45) is 0. The quantitative estimate of drug-likeness (QED) is 0.833. The van der Waals surface area contributed by atoms with Crippen LogP contribution in [-0.2, 0) is 4.79 Å². The molecular formula is C16H20N4O3S. The molecular weight excluding hydrogens is 328 g/mol. The first-order valence-corrected chi connectivity index (χ1v) is 8.70. The van der Waals surface area contributed by atoms with Crippen LogP contribution in [0, 0.1) is 5.92 Å². The number of carbonyl (C=O) groups is 1. The summed E-state index contributed by atoms with van der Waals surface area (Å²) in [5, 5.41) is 14.0. The van der Waals surface area contributed by atoms with Crippen molar-refractivity contribution in [2.45, 2.75) is 19.9 Å². The molecule has 0 aliphatic carbocycles. The third-order valence-electron chi connectivity index (χ3n) is 3.68. The highest BCUT2D eigenvalue weighted by Crippen LogP contribution is 2.34. The van der Waals surface area contributed by atoms with E-state index in [4.69, 9.17) is 9.47 Å². The van der Waals surface area contributed by atoms with Crippen molar-refractivity contribution in [2.75, 3.05) is 25.1 Å². The van der Waals surface area contributed by atoms with Crippen molar-refractivity contribution in [1.82, 2.24) is 15.5 Å². The fraction of sp³-hybridized carbons (Fsp3) is 0.438. The van der Waals surface area contributed by atoms with Gasteiger partial charge in [-0.15, -0.1) is 10.2 Å². The normalized spacial score (nSPS) is 14.5. The van der Waals surface area contributed by atoms with Crippen LogP contribution in [0.2, 0.25) is 0 Å². The van der Waals surface area contributed by atoms with E-state index in [0.29, 0.717) is 24.3 Å². The Hall–Kier alpha value is -2.19. The summed E-state index contributed by atoms with van der Waals surface area (Å²) >= 11 is 1.29. The van der Waals surface area contributed by atoms with E-state index in [2.05, 4.69) is 34.7 Å². The third kappa shape index (κ3) is 4.01. The molecule has 0 spiro atoms. The molecule has 128 valence electrons. The standard InChI is InChI=1S/C16H20N4O3S/c1-10(2)15(17-8-14(21)19-16-20-18-9-24-16)11-3-4-12-13(7-11)23-6-5-22-12/h3-4,7,9-10,15,17H,5-6,8H2,1-2H3,(H,19,20,21). The van der Waals surface area contributed by atoms with E-state index in [9.17, 15) is 4.79 Å². The number of hydrogen-bond donors (Lipinski definition) is 2. The van der Waals surface area contributed by atoms with E-state index in [0.717, 1.165) is 17.1 Å². The molecule has 2 aromatic rings. The molecule has 1 aliphatic rings. The van der Waals surface area contributed by atoms with Gasteiger partial charge in [-0.1, -0.05) is 31.3 Å². The van der Waals surface area contributed by atoms with E-state index >= 15 is 0 Å². The second-order valence-corrected chi connectivity index (χ2v) is 6.63. The lowest BCUT2D eigenvalue weighted by Gasteiger charge is -2.25. The van der Waals surface area contributed by atoms with E-state index in [1.54, 1.807) is 5.51 Å². The van der Waals surface area contributed by atoms with Crippen molar-refractivity contribution < 1.29 is 14.3 Å². The van der Waals surface area contributed by atoms with Gasteiger partial charge in [-0.3, -0.25) is 10.1 Å². The second-order valence-electron chi connectivity index (χ2n) is 5.80. The van der Waals surface area contributed by atoms with Gasteiger partial charge in [-0.25, -0.2) is 0 Å². The minimum Gasteiger partial charge on any atom is -0.486 e. The number of aromatic nitrogens is 2. The molecule has 7 nitrogen and oxygen atoms in total. The zero-order chi connectivity index (χ0) is 16.9. The summed E-state index contributed by atoms with van der Waals surface area (Å²) in [5.41, 5.74) is 2.65. The lowest BCUT2D eigenvalue weighted by molar-refractivity contribution is -0.115. The number of benzene rings is 1. The third-order valence-corrected chi connectivity index (χ3v) is 4.29. The predicted octanol–water partition coefficient (Wildman–Crippen LogP) is 2.23. The molecule has 24 heavy (non-hydrogen) atoms. The molecule has 2 N–H and O–H groups in total. The number of ether oxygens (including phenoxy) is 2. The summed E-state index contributed by atoms with van der Waals surface area (Å²) in [5.74, 6) is 1.68. The minimum absolute atomic E-state index is 0.0287. The van der Waals surface area contributed by atoms with Crippen LogP contribution in [0.5, 0.6) is 11.5 Å². The van der Waals surface area contributed by atoms with Gasteiger partial charge in [-0.05, 0) is 23.6 Å². The van der Waals surface area contributed by atoms with Crippen molar-refractivity contribution >= 4 is 22.4 Å². The molecule has 0 radical (unpaired) electrons. The smallest absolute Gasteiger partial charge is 0.240 e. The van der Waals surface area contributed by atoms with E-state index in [1.807, 2.05) is 18.2 Å². The van der Waals surface area contributed by atoms with Crippen LogP contribution in [0.15, 0.2) is 23.7 Å². The zero-order valence-corrected chi connectivity index (χ0v) is 14.4. The Morgan fingerprint density at radius 3 is 2.79 bits per heavy atom. The maximum atomic E-state index is 12.0. The molecule has 0 fully saturated rings.